The van der Waals surface area contributed by atoms with E-state index in [0.29, 0.717) is 12.1 Å². The molecule has 1 atom stereocenters. The van der Waals surface area contributed by atoms with E-state index < -0.39 is 0 Å². The highest BCUT2D eigenvalue weighted by molar-refractivity contribution is 5.46. The predicted octanol–water partition coefficient (Wildman–Crippen LogP) is 2.50. The molecule has 1 aliphatic heterocycles. The number of nitrogens with zero attached hydrogens (tertiary/aromatic N) is 3. The fourth-order valence-corrected chi connectivity index (χ4v) is 3.15. The Morgan fingerprint density at radius 3 is 3.00 bits per heavy atom. The van der Waals surface area contributed by atoms with Gasteiger partial charge >= 0.3 is 0 Å². The van der Waals surface area contributed by atoms with E-state index in [2.05, 4.69) is 54.0 Å². The number of pyridine rings is 1. The highest BCUT2D eigenvalue weighted by Gasteiger charge is 2.24. The summed E-state index contributed by atoms with van der Waals surface area (Å²) in [5, 5.41) is 3.49. The van der Waals surface area contributed by atoms with Crippen LogP contribution < -0.4 is 10.2 Å². The number of likely N-dealkylation sites (N-methyl/N-ethyl adjacent to an activating group) is 2. The molecule has 0 saturated carbocycles. The SMILES string of the molecule is CCN1CCCC1CN(C)c1ncccc1CNC(C)C. The van der Waals surface area contributed by atoms with Gasteiger partial charge in [0.1, 0.15) is 5.82 Å². The second kappa shape index (κ2) is 7.76. The summed E-state index contributed by atoms with van der Waals surface area (Å²) < 4.78 is 0. The van der Waals surface area contributed by atoms with Crippen molar-refractivity contribution in [3.8, 4) is 0 Å². The number of nitrogens with one attached hydrogen (secondary N) is 1. The van der Waals surface area contributed by atoms with Gasteiger partial charge in [-0.05, 0) is 32.0 Å². The van der Waals surface area contributed by atoms with Gasteiger partial charge in [-0.3, -0.25) is 4.90 Å². The highest BCUT2D eigenvalue weighted by Crippen LogP contribution is 2.21. The Bertz CT molecular complexity index is 433. The van der Waals surface area contributed by atoms with E-state index in [1.54, 1.807) is 0 Å². The van der Waals surface area contributed by atoms with Gasteiger partial charge in [0.15, 0.2) is 0 Å². The Morgan fingerprint density at radius 1 is 1.48 bits per heavy atom. The molecule has 0 spiro atoms. The molecule has 4 heteroatoms. The van der Waals surface area contributed by atoms with Gasteiger partial charge in [-0.2, -0.15) is 0 Å². The molecule has 1 saturated heterocycles. The van der Waals surface area contributed by atoms with Crippen molar-refractivity contribution in [3.63, 3.8) is 0 Å². The minimum absolute atomic E-state index is 0.494. The van der Waals surface area contributed by atoms with Crippen LogP contribution in [0.15, 0.2) is 18.3 Å². The summed E-state index contributed by atoms with van der Waals surface area (Å²) in [5.74, 6) is 1.12. The van der Waals surface area contributed by atoms with Crippen molar-refractivity contribution < 1.29 is 0 Å². The van der Waals surface area contributed by atoms with Crippen LogP contribution in [0, 0.1) is 0 Å². The van der Waals surface area contributed by atoms with Gasteiger partial charge in [-0.25, -0.2) is 4.98 Å². The van der Waals surface area contributed by atoms with E-state index in [1.165, 1.54) is 24.9 Å². The van der Waals surface area contributed by atoms with Crippen LogP contribution >= 0.6 is 0 Å². The lowest BCUT2D eigenvalue weighted by Crippen LogP contribution is -2.39. The van der Waals surface area contributed by atoms with E-state index in [4.69, 9.17) is 0 Å². The quantitative estimate of drug-likeness (QED) is 0.836. The first-order valence-electron chi connectivity index (χ1n) is 8.24. The first-order chi connectivity index (χ1) is 10.1. The van der Waals surface area contributed by atoms with Crippen molar-refractivity contribution >= 4 is 5.82 Å². The predicted molar refractivity (Wildman–Crippen MR) is 89.8 cm³/mol. The van der Waals surface area contributed by atoms with Crippen LogP contribution in [0.4, 0.5) is 5.82 Å². The van der Waals surface area contributed by atoms with Gasteiger partial charge in [0.05, 0.1) is 0 Å². The first-order valence-corrected chi connectivity index (χ1v) is 8.24. The van der Waals surface area contributed by atoms with Crippen LogP contribution in [0.3, 0.4) is 0 Å². The van der Waals surface area contributed by atoms with E-state index in [1.807, 2.05) is 12.3 Å². The molecule has 0 aliphatic carbocycles. The lowest BCUT2D eigenvalue weighted by atomic mass is 10.2. The zero-order valence-corrected chi connectivity index (χ0v) is 14.0. The molecule has 1 fully saturated rings. The summed E-state index contributed by atoms with van der Waals surface area (Å²) in [4.78, 5) is 9.54. The molecular formula is C17H30N4. The van der Waals surface area contributed by atoms with Gasteiger partial charge in [0.25, 0.3) is 0 Å². The number of likely N-dealkylation sites (tertiary alicyclic amines) is 1. The molecule has 1 aromatic rings. The van der Waals surface area contributed by atoms with Crippen molar-refractivity contribution in [1.29, 1.82) is 0 Å². The Labute approximate surface area is 129 Å². The molecular weight excluding hydrogens is 260 g/mol. The molecule has 2 heterocycles. The monoisotopic (exact) mass is 290 g/mol. The van der Waals surface area contributed by atoms with E-state index in [-0.39, 0.29) is 0 Å². The lowest BCUT2D eigenvalue weighted by Gasteiger charge is -2.29. The third-order valence-electron chi connectivity index (χ3n) is 4.32. The molecule has 0 aromatic carbocycles. The summed E-state index contributed by atoms with van der Waals surface area (Å²) in [6.07, 6.45) is 4.54. The summed E-state index contributed by atoms with van der Waals surface area (Å²) in [6, 6.07) is 5.38. The minimum atomic E-state index is 0.494. The van der Waals surface area contributed by atoms with Crippen molar-refractivity contribution in [2.24, 2.45) is 0 Å². The molecule has 1 N–H and O–H groups in total. The smallest absolute Gasteiger partial charge is 0.132 e. The molecule has 1 unspecified atom stereocenters. The Morgan fingerprint density at radius 2 is 2.29 bits per heavy atom. The van der Waals surface area contributed by atoms with E-state index in [0.717, 1.165) is 25.5 Å². The van der Waals surface area contributed by atoms with Gasteiger partial charge in [-0.1, -0.05) is 26.8 Å². The van der Waals surface area contributed by atoms with Crippen LogP contribution in [0.5, 0.6) is 0 Å². The summed E-state index contributed by atoms with van der Waals surface area (Å²) >= 11 is 0. The highest BCUT2D eigenvalue weighted by atomic mass is 15.2. The maximum absolute atomic E-state index is 4.62. The second-order valence-electron chi connectivity index (χ2n) is 6.33. The Balaban J connectivity index is 2.02. The zero-order valence-electron chi connectivity index (χ0n) is 14.0. The van der Waals surface area contributed by atoms with Gasteiger partial charge in [0.2, 0.25) is 0 Å². The van der Waals surface area contributed by atoms with Crippen LogP contribution in [-0.2, 0) is 6.54 Å². The van der Waals surface area contributed by atoms with Crippen LogP contribution in [-0.4, -0.2) is 48.6 Å². The van der Waals surface area contributed by atoms with Crippen LogP contribution in [0.2, 0.25) is 0 Å². The van der Waals surface area contributed by atoms with E-state index >= 15 is 0 Å². The lowest BCUT2D eigenvalue weighted by molar-refractivity contribution is 0.270. The number of aromatic nitrogens is 1. The largest absolute Gasteiger partial charge is 0.358 e. The minimum Gasteiger partial charge on any atom is -0.358 e. The van der Waals surface area contributed by atoms with Gasteiger partial charge in [0, 0.05) is 44.0 Å². The first kappa shape index (κ1) is 16.2. The molecule has 118 valence electrons. The fraction of sp³-hybridized carbons (Fsp3) is 0.706. The maximum Gasteiger partial charge on any atom is 0.132 e. The van der Waals surface area contributed by atoms with E-state index in [9.17, 15) is 0 Å². The molecule has 21 heavy (non-hydrogen) atoms. The zero-order chi connectivity index (χ0) is 15.2. The molecule has 2 rings (SSSR count). The number of rotatable bonds is 7. The molecule has 0 amide bonds. The number of hydrogen-bond donors (Lipinski definition) is 1. The Kier molecular flexibility index (Phi) is 6.00. The molecule has 0 radical (unpaired) electrons. The summed E-state index contributed by atoms with van der Waals surface area (Å²) in [6.45, 7) is 11.0. The topological polar surface area (TPSA) is 31.4 Å². The van der Waals surface area contributed by atoms with Crippen molar-refractivity contribution in [2.45, 2.75) is 52.2 Å². The fourth-order valence-electron chi connectivity index (χ4n) is 3.15. The maximum atomic E-state index is 4.62. The average molecular weight is 290 g/mol. The third kappa shape index (κ3) is 4.42. The Hall–Kier alpha value is -1.13. The van der Waals surface area contributed by atoms with Crippen molar-refractivity contribution in [3.05, 3.63) is 23.9 Å². The molecule has 1 aromatic heterocycles. The summed E-state index contributed by atoms with van der Waals surface area (Å²) in [5.41, 5.74) is 1.29. The van der Waals surface area contributed by atoms with Crippen molar-refractivity contribution in [1.82, 2.24) is 15.2 Å². The normalized spacial score (nSPS) is 19.4. The second-order valence-corrected chi connectivity index (χ2v) is 6.33. The van der Waals surface area contributed by atoms with Gasteiger partial charge < -0.3 is 10.2 Å². The molecule has 1 aliphatic rings. The van der Waals surface area contributed by atoms with Crippen molar-refractivity contribution in [2.75, 3.05) is 31.6 Å². The molecule has 0 bridgehead atoms. The van der Waals surface area contributed by atoms with Crippen LogP contribution in [0.1, 0.15) is 39.2 Å². The third-order valence-corrected chi connectivity index (χ3v) is 4.32. The molecule has 4 nitrogen and oxygen atoms in total. The van der Waals surface area contributed by atoms with Crippen LogP contribution in [0.25, 0.3) is 0 Å². The van der Waals surface area contributed by atoms with Gasteiger partial charge in [-0.15, -0.1) is 0 Å². The summed E-state index contributed by atoms with van der Waals surface area (Å²) in [7, 11) is 2.17. The standard InChI is InChI=1S/C17H30N4/c1-5-21-11-7-9-16(21)13-20(4)17-15(8-6-10-18-17)12-19-14(2)3/h6,8,10,14,16,19H,5,7,9,11-13H2,1-4H3. The number of anilines is 1. The number of hydrogen-bond acceptors (Lipinski definition) is 4. The average Bonchev–Trinajstić information content (AvgIpc) is 2.92.